The number of hydrogen-bond donors (Lipinski definition) is 1. The number of aryl methyl sites for hydroxylation is 3. The van der Waals surface area contributed by atoms with Crippen molar-refractivity contribution in [3.8, 4) is 5.69 Å². The Morgan fingerprint density at radius 3 is 2.58 bits per heavy atom. The van der Waals surface area contributed by atoms with Crippen LogP contribution in [0.4, 0.5) is 5.69 Å². The Morgan fingerprint density at radius 1 is 1.12 bits per heavy atom. The molecule has 4 nitrogen and oxygen atoms in total. The van der Waals surface area contributed by atoms with Gasteiger partial charge in [-0.15, -0.1) is 0 Å². The standard InChI is InChI=1S/C21H22ClN3O/c1-13-6-5-7-17(10-13)23-21(26)12-19-15(3)24-25(16(19)4)18-9-8-14(2)20(22)11-18/h5-11H,12H2,1-4H3,(H,23,26). The maximum Gasteiger partial charge on any atom is 0.228 e. The van der Waals surface area contributed by atoms with Crippen LogP contribution in [0, 0.1) is 27.7 Å². The predicted molar refractivity (Wildman–Crippen MR) is 106 cm³/mol. The molecule has 0 radical (unpaired) electrons. The van der Waals surface area contributed by atoms with Crippen molar-refractivity contribution in [2.45, 2.75) is 34.1 Å². The molecule has 0 fully saturated rings. The van der Waals surface area contributed by atoms with Crippen LogP contribution in [0.2, 0.25) is 5.02 Å². The summed E-state index contributed by atoms with van der Waals surface area (Å²) in [6.45, 7) is 7.87. The number of nitrogens with zero attached hydrogens (tertiary/aromatic N) is 2. The highest BCUT2D eigenvalue weighted by Gasteiger charge is 2.16. The summed E-state index contributed by atoms with van der Waals surface area (Å²) in [5.74, 6) is -0.0525. The van der Waals surface area contributed by atoms with Crippen molar-refractivity contribution in [2.75, 3.05) is 5.32 Å². The topological polar surface area (TPSA) is 46.9 Å². The van der Waals surface area contributed by atoms with Crippen LogP contribution >= 0.6 is 11.6 Å². The highest BCUT2D eigenvalue weighted by atomic mass is 35.5. The Balaban J connectivity index is 1.83. The fourth-order valence-corrected chi connectivity index (χ4v) is 3.16. The van der Waals surface area contributed by atoms with Gasteiger partial charge in [-0.25, -0.2) is 4.68 Å². The highest BCUT2D eigenvalue weighted by Crippen LogP contribution is 2.23. The third-order valence-electron chi connectivity index (χ3n) is 4.48. The first-order chi connectivity index (χ1) is 12.3. The Labute approximate surface area is 158 Å². The maximum absolute atomic E-state index is 12.5. The summed E-state index contributed by atoms with van der Waals surface area (Å²) in [6, 6.07) is 13.6. The van der Waals surface area contributed by atoms with Crippen molar-refractivity contribution in [1.82, 2.24) is 9.78 Å². The van der Waals surface area contributed by atoms with E-state index in [-0.39, 0.29) is 12.3 Å². The van der Waals surface area contributed by atoms with Crippen molar-refractivity contribution in [2.24, 2.45) is 0 Å². The van der Waals surface area contributed by atoms with Crippen molar-refractivity contribution in [1.29, 1.82) is 0 Å². The molecule has 1 amide bonds. The number of anilines is 1. The maximum atomic E-state index is 12.5. The number of carbonyl (C=O) groups excluding carboxylic acids is 1. The van der Waals surface area contributed by atoms with Crippen LogP contribution in [0.1, 0.15) is 28.1 Å². The lowest BCUT2D eigenvalue weighted by Gasteiger charge is -2.08. The van der Waals surface area contributed by atoms with E-state index >= 15 is 0 Å². The molecule has 1 heterocycles. The number of nitrogens with one attached hydrogen (secondary N) is 1. The molecule has 26 heavy (non-hydrogen) atoms. The smallest absolute Gasteiger partial charge is 0.228 e. The van der Waals surface area contributed by atoms with Gasteiger partial charge in [0.1, 0.15) is 0 Å². The second-order valence-corrected chi connectivity index (χ2v) is 7.00. The van der Waals surface area contributed by atoms with Crippen molar-refractivity contribution in [3.05, 3.63) is 75.6 Å². The Hall–Kier alpha value is -2.59. The molecule has 0 aliphatic heterocycles. The molecule has 1 aromatic heterocycles. The second-order valence-electron chi connectivity index (χ2n) is 6.59. The molecule has 0 saturated heterocycles. The molecule has 5 heteroatoms. The van der Waals surface area contributed by atoms with Crippen molar-refractivity contribution >= 4 is 23.2 Å². The molecule has 1 N–H and O–H groups in total. The first kappa shape index (κ1) is 18.2. The van der Waals surface area contributed by atoms with Gasteiger partial charge in [0.25, 0.3) is 0 Å². The third kappa shape index (κ3) is 3.81. The number of halogens is 1. The summed E-state index contributed by atoms with van der Waals surface area (Å²) < 4.78 is 1.84. The van der Waals surface area contributed by atoms with Gasteiger partial charge < -0.3 is 5.32 Å². The highest BCUT2D eigenvalue weighted by molar-refractivity contribution is 6.31. The molecule has 134 valence electrons. The van der Waals surface area contributed by atoms with Gasteiger partial charge in [0.2, 0.25) is 5.91 Å². The molecule has 0 spiro atoms. The number of carbonyl (C=O) groups is 1. The zero-order chi connectivity index (χ0) is 18.8. The summed E-state index contributed by atoms with van der Waals surface area (Å²) >= 11 is 6.24. The van der Waals surface area contributed by atoms with Crippen LogP contribution in [-0.2, 0) is 11.2 Å². The average Bonchev–Trinajstić information content (AvgIpc) is 2.85. The lowest BCUT2D eigenvalue weighted by atomic mass is 10.1. The molecule has 0 aliphatic carbocycles. The van der Waals surface area contributed by atoms with E-state index < -0.39 is 0 Å². The van der Waals surface area contributed by atoms with E-state index in [1.54, 1.807) is 0 Å². The van der Waals surface area contributed by atoms with E-state index in [1.165, 1.54) is 0 Å². The van der Waals surface area contributed by atoms with Crippen molar-refractivity contribution in [3.63, 3.8) is 0 Å². The molecule has 0 atom stereocenters. The van der Waals surface area contributed by atoms with Gasteiger partial charge in [0, 0.05) is 22.0 Å². The molecule has 0 bridgehead atoms. The molecule has 0 unspecified atom stereocenters. The summed E-state index contributed by atoms with van der Waals surface area (Å²) in [5.41, 5.74) is 6.57. The Kier molecular flexibility index (Phi) is 5.14. The fourth-order valence-electron chi connectivity index (χ4n) is 2.98. The Bertz CT molecular complexity index is 975. The SMILES string of the molecule is Cc1cccc(NC(=O)Cc2c(C)nn(-c3ccc(C)c(Cl)c3)c2C)c1. The minimum Gasteiger partial charge on any atom is -0.326 e. The third-order valence-corrected chi connectivity index (χ3v) is 4.89. The number of benzene rings is 2. The summed E-state index contributed by atoms with van der Waals surface area (Å²) in [4.78, 5) is 12.5. The molecule has 2 aromatic carbocycles. The van der Waals surface area contributed by atoms with Gasteiger partial charge in [0.05, 0.1) is 17.8 Å². The van der Waals surface area contributed by atoms with Crippen LogP contribution in [0.3, 0.4) is 0 Å². The van der Waals surface area contributed by atoms with Crippen LogP contribution in [0.15, 0.2) is 42.5 Å². The lowest BCUT2D eigenvalue weighted by Crippen LogP contribution is -2.15. The fraction of sp³-hybridized carbons (Fsp3) is 0.238. The quantitative estimate of drug-likeness (QED) is 0.709. The summed E-state index contributed by atoms with van der Waals surface area (Å²) in [7, 11) is 0. The number of aromatic nitrogens is 2. The molecular weight excluding hydrogens is 346 g/mol. The van der Waals surface area contributed by atoms with Crippen LogP contribution in [0.5, 0.6) is 0 Å². The van der Waals surface area contributed by atoms with Crippen LogP contribution in [-0.4, -0.2) is 15.7 Å². The van der Waals surface area contributed by atoms with E-state index in [0.29, 0.717) is 5.02 Å². The Morgan fingerprint density at radius 2 is 1.88 bits per heavy atom. The second kappa shape index (κ2) is 7.34. The van der Waals surface area contributed by atoms with Gasteiger partial charge >= 0.3 is 0 Å². The van der Waals surface area contributed by atoms with Gasteiger partial charge in [-0.05, 0) is 63.1 Å². The monoisotopic (exact) mass is 367 g/mol. The van der Waals surface area contributed by atoms with Crippen LogP contribution < -0.4 is 5.32 Å². The molecular formula is C21H22ClN3O. The molecule has 0 saturated carbocycles. The number of amides is 1. The van der Waals surface area contributed by atoms with Crippen LogP contribution in [0.25, 0.3) is 5.69 Å². The molecule has 0 aliphatic rings. The van der Waals surface area contributed by atoms with E-state index in [9.17, 15) is 4.79 Å². The largest absolute Gasteiger partial charge is 0.326 e. The van der Waals surface area contributed by atoms with E-state index in [4.69, 9.17) is 11.6 Å². The van der Waals surface area contributed by atoms with E-state index in [2.05, 4.69) is 10.4 Å². The first-order valence-electron chi connectivity index (χ1n) is 8.53. The normalized spacial score (nSPS) is 10.8. The van der Waals surface area contributed by atoms with Crippen molar-refractivity contribution < 1.29 is 4.79 Å². The molecule has 3 rings (SSSR count). The predicted octanol–water partition coefficient (Wildman–Crippen LogP) is 4.94. The number of hydrogen-bond acceptors (Lipinski definition) is 2. The zero-order valence-corrected chi connectivity index (χ0v) is 16.2. The van der Waals surface area contributed by atoms with Gasteiger partial charge in [-0.1, -0.05) is 29.8 Å². The minimum atomic E-state index is -0.0525. The van der Waals surface area contributed by atoms with Gasteiger partial charge in [-0.2, -0.15) is 5.10 Å². The summed E-state index contributed by atoms with van der Waals surface area (Å²) in [5, 5.41) is 8.26. The summed E-state index contributed by atoms with van der Waals surface area (Å²) in [6.07, 6.45) is 0.283. The van der Waals surface area contributed by atoms with Gasteiger partial charge in [0.15, 0.2) is 0 Å². The minimum absolute atomic E-state index is 0.0525. The number of rotatable bonds is 4. The molecule has 3 aromatic rings. The zero-order valence-electron chi connectivity index (χ0n) is 15.4. The van der Waals surface area contributed by atoms with E-state index in [0.717, 1.165) is 39.5 Å². The van der Waals surface area contributed by atoms with Gasteiger partial charge in [-0.3, -0.25) is 4.79 Å². The lowest BCUT2D eigenvalue weighted by molar-refractivity contribution is -0.115. The average molecular weight is 368 g/mol. The van der Waals surface area contributed by atoms with E-state index in [1.807, 2.05) is 74.8 Å². The first-order valence-corrected chi connectivity index (χ1v) is 8.91.